The van der Waals surface area contributed by atoms with E-state index >= 15 is 0 Å². The Morgan fingerprint density at radius 3 is 2.53 bits per heavy atom. The number of carbonyl (C=O) groups is 3. The molecule has 2 aromatic carbocycles. The minimum absolute atomic E-state index is 0.166. The van der Waals surface area contributed by atoms with E-state index in [1.807, 2.05) is 77.7 Å². The number of hydrogen-bond acceptors (Lipinski definition) is 5. The van der Waals surface area contributed by atoms with E-state index in [1.54, 1.807) is 11.0 Å². The van der Waals surface area contributed by atoms with E-state index in [4.69, 9.17) is 4.74 Å². The topological polar surface area (TPSA) is 68.6 Å². The van der Waals surface area contributed by atoms with Gasteiger partial charge in [-0.15, -0.1) is 11.3 Å². The van der Waals surface area contributed by atoms with Gasteiger partial charge >= 0.3 is 5.97 Å². The molecule has 0 aliphatic carbocycles. The van der Waals surface area contributed by atoms with E-state index in [1.165, 1.54) is 11.3 Å². The Kier molecular flexibility index (Phi) is 6.02. The number of para-hydroxylation sites is 1. The number of ketones is 1. The lowest BCUT2D eigenvalue weighted by molar-refractivity contribution is -0.147. The molecule has 1 amide bonds. The number of fused-ring (bicyclic) bond motifs is 1. The summed E-state index contributed by atoms with van der Waals surface area (Å²) in [4.78, 5) is 41.3. The molecule has 6 nitrogen and oxygen atoms in total. The predicted molar refractivity (Wildman–Crippen MR) is 132 cm³/mol. The first kappa shape index (κ1) is 22.1. The lowest BCUT2D eigenvalue weighted by Gasteiger charge is -2.22. The van der Waals surface area contributed by atoms with Gasteiger partial charge in [-0.05, 0) is 35.9 Å². The van der Waals surface area contributed by atoms with Crippen molar-refractivity contribution in [1.82, 2.24) is 9.47 Å². The third-order valence-corrected chi connectivity index (χ3v) is 7.15. The summed E-state index contributed by atoms with van der Waals surface area (Å²) in [6, 6.07) is 20.3. The number of likely N-dealkylation sites (tertiary alicyclic amines) is 1. The maximum Gasteiger partial charge on any atom is 0.329 e. The molecular weight excluding hydrogens is 448 g/mol. The summed E-state index contributed by atoms with van der Waals surface area (Å²) in [6.45, 7) is 0.135. The number of rotatable bonds is 6. The normalized spacial score (nSPS) is 15.6. The molecule has 7 heteroatoms. The Morgan fingerprint density at radius 1 is 1.00 bits per heavy atom. The van der Waals surface area contributed by atoms with Crippen molar-refractivity contribution in [2.45, 2.75) is 18.9 Å². The van der Waals surface area contributed by atoms with Crippen molar-refractivity contribution in [3.8, 4) is 11.3 Å². The maximum atomic E-state index is 13.4. The van der Waals surface area contributed by atoms with Crippen LogP contribution in [0, 0.1) is 0 Å². The van der Waals surface area contributed by atoms with Crippen LogP contribution in [0.25, 0.3) is 22.2 Å². The first-order chi connectivity index (χ1) is 16.6. The summed E-state index contributed by atoms with van der Waals surface area (Å²) < 4.78 is 7.50. The monoisotopic (exact) mass is 472 g/mol. The zero-order valence-electron chi connectivity index (χ0n) is 18.8. The molecule has 3 heterocycles. The highest BCUT2D eigenvalue weighted by atomic mass is 32.1. The van der Waals surface area contributed by atoms with Crippen LogP contribution in [0.1, 0.15) is 32.9 Å². The first-order valence-electron chi connectivity index (χ1n) is 11.2. The number of benzene rings is 2. The van der Waals surface area contributed by atoms with E-state index in [0.29, 0.717) is 23.4 Å². The van der Waals surface area contributed by atoms with Gasteiger partial charge in [-0.3, -0.25) is 9.59 Å². The van der Waals surface area contributed by atoms with Gasteiger partial charge in [0.05, 0.1) is 16.1 Å². The number of aryl methyl sites for hydroxylation is 1. The van der Waals surface area contributed by atoms with Gasteiger partial charge in [0.25, 0.3) is 5.91 Å². The van der Waals surface area contributed by atoms with Gasteiger partial charge in [-0.25, -0.2) is 4.79 Å². The molecule has 34 heavy (non-hydrogen) atoms. The van der Waals surface area contributed by atoms with Crippen LogP contribution in [0.5, 0.6) is 0 Å². The number of Topliss-reactive ketones (excluding diaryl/α,β-unsaturated/α-hetero) is 1. The van der Waals surface area contributed by atoms with Gasteiger partial charge in [0, 0.05) is 24.5 Å². The lowest BCUT2D eigenvalue weighted by atomic mass is 10.0. The minimum atomic E-state index is -0.663. The average molecular weight is 473 g/mol. The van der Waals surface area contributed by atoms with Crippen LogP contribution in [0.2, 0.25) is 0 Å². The standard InChI is InChI=1S/C27H24N2O4S/c1-28-20-12-6-5-11-19(20)24(25(28)18-9-3-2-4-10-18)22(30)17-33-27(32)21-13-7-15-29(21)26(31)23-14-8-16-34-23/h2-6,8-12,14,16,21H,7,13,15,17H2,1H3. The summed E-state index contributed by atoms with van der Waals surface area (Å²) in [6.07, 6.45) is 1.26. The molecule has 0 spiro atoms. The third-order valence-electron chi connectivity index (χ3n) is 6.30. The zero-order chi connectivity index (χ0) is 23.7. The molecule has 1 fully saturated rings. The second-order valence-electron chi connectivity index (χ2n) is 8.33. The summed E-state index contributed by atoms with van der Waals surface area (Å²) in [5, 5.41) is 2.66. The molecule has 5 rings (SSSR count). The van der Waals surface area contributed by atoms with Crippen molar-refractivity contribution in [3.05, 3.63) is 82.6 Å². The van der Waals surface area contributed by atoms with Gasteiger partial charge in [0.15, 0.2) is 6.61 Å². The number of amides is 1. The summed E-state index contributed by atoms with van der Waals surface area (Å²) in [5.41, 5.74) is 3.17. The molecule has 172 valence electrons. The predicted octanol–water partition coefficient (Wildman–Crippen LogP) is 4.94. The SMILES string of the molecule is Cn1c(-c2ccccc2)c(C(=O)COC(=O)C2CCCN2C(=O)c2cccs2)c2ccccc21. The molecule has 1 atom stereocenters. The minimum Gasteiger partial charge on any atom is -0.456 e. The number of nitrogens with zero attached hydrogens (tertiary/aromatic N) is 2. The molecule has 2 aromatic heterocycles. The van der Waals surface area contributed by atoms with E-state index in [0.717, 1.165) is 28.6 Å². The summed E-state index contributed by atoms with van der Waals surface area (Å²) in [7, 11) is 1.93. The Labute approximate surface area is 201 Å². The van der Waals surface area contributed by atoms with Crippen molar-refractivity contribution in [2.75, 3.05) is 13.2 Å². The number of thiophene rings is 1. The van der Waals surface area contributed by atoms with Crippen LogP contribution in [0.15, 0.2) is 72.1 Å². The van der Waals surface area contributed by atoms with Crippen molar-refractivity contribution in [3.63, 3.8) is 0 Å². The molecule has 0 saturated carbocycles. The fourth-order valence-electron chi connectivity index (χ4n) is 4.71. The largest absolute Gasteiger partial charge is 0.456 e. The summed E-state index contributed by atoms with van der Waals surface area (Å²) in [5.74, 6) is -0.961. The Morgan fingerprint density at radius 2 is 1.76 bits per heavy atom. The molecule has 1 unspecified atom stereocenters. The van der Waals surface area contributed by atoms with Crippen molar-refractivity contribution < 1.29 is 19.1 Å². The zero-order valence-corrected chi connectivity index (χ0v) is 19.6. The van der Waals surface area contributed by atoms with E-state index < -0.39 is 12.0 Å². The lowest BCUT2D eigenvalue weighted by Crippen LogP contribution is -2.41. The molecule has 0 N–H and O–H groups in total. The highest BCUT2D eigenvalue weighted by molar-refractivity contribution is 7.12. The fraction of sp³-hybridized carbons (Fsp3) is 0.222. The smallest absolute Gasteiger partial charge is 0.329 e. The van der Waals surface area contributed by atoms with E-state index in [-0.39, 0.29) is 18.3 Å². The second-order valence-corrected chi connectivity index (χ2v) is 9.28. The summed E-state index contributed by atoms with van der Waals surface area (Å²) >= 11 is 1.35. The number of hydrogen-bond donors (Lipinski definition) is 0. The maximum absolute atomic E-state index is 13.4. The fourth-order valence-corrected chi connectivity index (χ4v) is 5.39. The van der Waals surface area contributed by atoms with Crippen LogP contribution in [-0.2, 0) is 16.6 Å². The van der Waals surface area contributed by atoms with Gasteiger partial charge in [-0.2, -0.15) is 0 Å². The Hall–Kier alpha value is -3.71. The molecule has 1 aliphatic heterocycles. The van der Waals surface area contributed by atoms with Crippen LogP contribution < -0.4 is 0 Å². The van der Waals surface area contributed by atoms with Crippen molar-refractivity contribution in [1.29, 1.82) is 0 Å². The number of aromatic nitrogens is 1. The molecule has 1 saturated heterocycles. The molecule has 1 aliphatic rings. The molecule has 0 bridgehead atoms. The highest BCUT2D eigenvalue weighted by Gasteiger charge is 2.36. The van der Waals surface area contributed by atoms with Crippen molar-refractivity contribution >= 4 is 39.9 Å². The highest BCUT2D eigenvalue weighted by Crippen LogP contribution is 2.33. The number of ether oxygens (including phenoxy) is 1. The van der Waals surface area contributed by atoms with Gasteiger partial charge in [0.1, 0.15) is 6.04 Å². The molecular formula is C27H24N2O4S. The Balaban J connectivity index is 1.38. The quantitative estimate of drug-likeness (QED) is 0.295. The average Bonchev–Trinajstić information content (AvgIpc) is 3.62. The first-order valence-corrected chi connectivity index (χ1v) is 12.1. The molecule has 0 radical (unpaired) electrons. The van der Waals surface area contributed by atoms with E-state index in [9.17, 15) is 14.4 Å². The Bertz CT molecular complexity index is 1360. The second kappa shape index (κ2) is 9.27. The van der Waals surface area contributed by atoms with Gasteiger partial charge < -0.3 is 14.2 Å². The van der Waals surface area contributed by atoms with Crippen LogP contribution >= 0.6 is 11.3 Å². The van der Waals surface area contributed by atoms with Crippen LogP contribution in [0.4, 0.5) is 0 Å². The third kappa shape index (κ3) is 3.92. The van der Waals surface area contributed by atoms with Crippen LogP contribution in [-0.4, -0.2) is 46.3 Å². The molecule has 4 aromatic rings. The van der Waals surface area contributed by atoms with Gasteiger partial charge in [-0.1, -0.05) is 54.6 Å². The number of esters is 1. The van der Waals surface area contributed by atoms with Crippen molar-refractivity contribution in [2.24, 2.45) is 7.05 Å². The van der Waals surface area contributed by atoms with Crippen LogP contribution in [0.3, 0.4) is 0 Å². The van der Waals surface area contributed by atoms with Gasteiger partial charge in [0.2, 0.25) is 5.78 Å². The number of carbonyl (C=O) groups excluding carboxylic acids is 3. The van der Waals surface area contributed by atoms with E-state index in [2.05, 4.69) is 0 Å².